The molecule has 0 bridgehead atoms. The van der Waals surface area contributed by atoms with Gasteiger partial charge in [-0.05, 0) is 6.92 Å². The summed E-state index contributed by atoms with van der Waals surface area (Å²) in [4.78, 5) is 8.42. The highest BCUT2D eigenvalue weighted by Gasteiger charge is 2.19. The molecule has 6 heteroatoms. The van der Waals surface area contributed by atoms with Crippen LogP contribution in [0.15, 0.2) is 24.9 Å². The lowest BCUT2D eigenvalue weighted by molar-refractivity contribution is 0.536. The second-order valence-corrected chi connectivity index (χ2v) is 3.60. The minimum atomic E-state index is -0.137. The van der Waals surface area contributed by atoms with E-state index in [4.69, 9.17) is 5.84 Å². The summed E-state index contributed by atoms with van der Waals surface area (Å²) in [5.41, 5.74) is 3.77. The molecule has 16 heavy (non-hydrogen) atoms. The molecule has 0 aliphatic heterocycles. The maximum Gasteiger partial charge on any atom is 0.133 e. The van der Waals surface area contributed by atoms with Gasteiger partial charge in [0.25, 0.3) is 0 Å². The minimum absolute atomic E-state index is 0.137. The fourth-order valence-electron chi connectivity index (χ4n) is 1.79. The molecule has 2 heterocycles. The van der Waals surface area contributed by atoms with Gasteiger partial charge in [0.1, 0.15) is 11.9 Å². The molecule has 86 valence electrons. The Balaban J connectivity index is 2.40. The number of nitrogens with zero attached hydrogens (tertiary/aromatic N) is 4. The summed E-state index contributed by atoms with van der Waals surface area (Å²) in [5.74, 6) is 6.50. The minimum Gasteiger partial charge on any atom is -0.336 e. The molecule has 0 aliphatic rings. The van der Waals surface area contributed by atoms with E-state index in [-0.39, 0.29) is 6.04 Å². The Morgan fingerprint density at radius 2 is 2.38 bits per heavy atom. The maximum atomic E-state index is 5.60. The van der Waals surface area contributed by atoms with E-state index < -0.39 is 0 Å². The van der Waals surface area contributed by atoms with Crippen molar-refractivity contribution in [2.24, 2.45) is 12.9 Å². The first-order chi connectivity index (χ1) is 7.77. The number of hydrogen-bond acceptors (Lipinski definition) is 4. The van der Waals surface area contributed by atoms with Crippen LogP contribution in [0.5, 0.6) is 0 Å². The van der Waals surface area contributed by atoms with Crippen molar-refractivity contribution in [3.63, 3.8) is 0 Å². The van der Waals surface area contributed by atoms with Crippen molar-refractivity contribution in [2.45, 2.75) is 19.5 Å². The standard InChI is InChI=1S/C10H16N6/c1-3-16-5-4-13-10(16)9(14-11)8-6-12-7-15(8)2/h4-7,9,14H,3,11H2,1-2H3. The molecule has 0 saturated carbocycles. The van der Waals surface area contributed by atoms with Crippen molar-refractivity contribution >= 4 is 0 Å². The molecule has 0 fully saturated rings. The molecule has 2 rings (SSSR count). The molecule has 1 atom stereocenters. The lowest BCUT2D eigenvalue weighted by Crippen LogP contribution is -2.32. The van der Waals surface area contributed by atoms with Crippen molar-refractivity contribution in [1.82, 2.24) is 24.5 Å². The van der Waals surface area contributed by atoms with Crippen molar-refractivity contribution in [2.75, 3.05) is 0 Å². The Labute approximate surface area is 94.1 Å². The summed E-state index contributed by atoms with van der Waals surface area (Å²) in [7, 11) is 1.94. The van der Waals surface area contributed by atoms with Gasteiger partial charge in [0, 0.05) is 26.0 Å². The van der Waals surface area contributed by atoms with Gasteiger partial charge in [-0.2, -0.15) is 0 Å². The van der Waals surface area contributed by atoms with Crippen molar-refractivity contribution < 1.29 is 0 Å². The number of aryl methyl sites for hydroxylation is 2. The summed E-state index contributed by atoms with van der Waals surface area (Å²) in [6.45, 7) is 2.94. The largest absolute Gasteiger partial charge is 0.336 e. The third-order valence-corrected chi connectivity index (χ3v) is 2.66. The van der Waals surface area contributed by atoms with Crippen molar-refractivity contribution in [1.29, 1.82) is 0 Å². The van der Waals surface area contributed by atoms with Crippen LogP contribution in [0.1, 0.15) is 24.5 Å². The van der Waals surface area contributed by atoms with Gasteiger partial charge >= 0.3 is 0 Å². The Hall–Kier alpha value is -1.66. The van der Waals surface area contributed by atoms with Gasteiger partial charge in [0.15, 0.2) is 0 Å². The van der Waals surface area contributed by atoms with E-state index in [1.807, 2.05) is 17.8 Å². The average Bonchev–Trinajstić information content (AvgIpc) is 2.90. The van der Waals surface area contributed by atoms with Crippen LogP contribution in [0.4, 0.5) is 0 Å². The molecule has 0 amide bonds. The summed E-state index contributed by atoms with van der Waals surface area (Å²) in [6.07, 6.45) is 7.26. The monoisotopic (exact) mass is 220 g/mol. The predicted molar refractivity (Wildman–Crippen MR) is 60.3 cm³/mol. The number of rotatable bonds is 4. The predicted octanol–water partition coefficient (Wildman–Crippen LogP) is 0.189. The second kappa shape index (κ2) is 4.46. The first kappa shape index (κ1) is 10.8. The van der Waals surface area contributed by atoms with Crippen LogP contribution in [0.2, 0.25) is 0 Å². The van der Waals surface area contributed by atoms with Gasteiger partial charge in [0.2, 0.25) is 0 Å². The van der Waals surface area contributed by atoms with Crippen LogP contribution >= 0.6 is 0 Å². The fourth-order valence-corrected chi connectivity index (χ4v) is 1.79. The highest BCUT2D eigenvalue weighted by Crippen LogP contribution is 2.18. The highest BCUT2D eigenvalue weighted by molar-refractivity contribution is 5.16. The number of aromatic nitrogens is 4. The third kappa shape index (κ3) is 1.72. The molecule has 2 aromatic rings. The van der Waals surface area contributed by atoms with Crippen LogP contribution in [0.25, 0.3) is 0 Å². The first-order valence-electron chi connectivity index (χ1n) is 5.21. The fraction of sp³-hybridized carbons (Fsp3) is 0.400. The zero-order chi connectivity index (χ0) is 11.5. The smallest absolute Gasteiger partial charge is 0.133 e. The van der Waals surface area contributed by atoms with E-state index >= 15 is 0 Å². The van der Waals surface area contributed by atoms with E-state index in [0.29, 0.717) is 0 Å². The molecule has 0 aliphatic carbocycles. The maximum absolute atomic E-state index is 5.60. The normalized spacial score (nSPS) is 12.9. The number of hydrogen-bond donors (Lipinski definition) is 2. The molecule has 0 saturated heterocycles. The SMILES string of the molecule is CCn1ccnc1C(NN)c1cncn1C. The van der Waals surface area contributed by atoms with Crippen LogP contribution in [0, 0.1) is 0 Å². The van der Waals surface area contributed by atoms with Gasteiger partial charge < -0.3 is 9.13 Å². The van der Waals surface area contributed by atoms with E-state index in [2.05, 4.69) is 26.9 Å². The van der Waals surface area contributed by atoms with E-state index in [1.54, 1.807) is 18.7 Å². The quantitative estimate of drug-likeness (QED) is 0.570. The Morgan fingerprint density at radius 1 is 1.56 bits per heavy atom. The number of imidazole rings is 2. The Bertz CT molecular complexity index is 457. The van der Waals surface area contributed by atoms with Crippen LogP contribution < -0.4 is 11.3 Å². The number of nitrogens with two attached hydrogens (primary N) is 1. The topological polar surface area (TPSA) is 73.7 Å². The molecule has 0 aromatic carbocycles. The molecular formula is C10H16N6. The number of nitrogens with one attached hydrogen (secondary N) is 1. The molecule has 2 aromatic heterocycles. The van der Waals surface area contributed by atoms with E-state index in [1.165, 1.54) is 0 Å². The van der Waals surface area contributed by atoms with Gasteiger partial charge in [-0.3, -0.25) is 5.84 Å². The molecule has 0 radical (unpaired) electrons. The van der Waals surface area contributed by atoms with Gasteiger partial charge in [-0.1, -0.05) is 0 Å². The molecule has 1 unspecified atom stereocenters. The van der Waals surface area contributed by atoms with Gasteiger partial charge in [-0.25, -0.2) is 15.4 Å². The van der Waals surface area contributed by atoms with Crippen molar-refractivity contribution in [3.05, 3.63) is 36.4 Å². The van der Waals surface area contributed by atoms with Crippen LogP contribution in [0.3, 0.4) is 0 Å². The van der Waals surface area contributed by atoms with Crippen molar-refractivity contribution in [3.8, 4) is 0 Å². The Kier molecular flexibility index (Phi) is 3.02. The lowest BCUT2D eigenvalue weighted by atomic mass is 10.2. The summed E-state index contributed by atoms with van der Waals surface area (Å²) < 4.78 is 3.98. The van der Waals surface area contributed by atoms with Gasteiger partial charge in [0.05, 0.1) is 18.2 Å². The molecular weight excluding hydrogens is 204 g/mol. The highest BCUT2D eigenvalue weighted by atomic mass is 15.3. The number of hydrazine groups is 1. The summed E-state index contributed by atoms with van der Waals surface area (Å²) in [6, 6.07) is -0.137. The third-order valence-electron chi connectivity index (χ3n) is 2.66. The van der Waals surface area contributed by atoms with Crippen LogP contribution in [-0.4, -0.2) is 19.1 Å². The first-order valence-corrected chi connectivity index (χ1v) is 5.21. The lowest BCUT2D eigenvalue weighted by Gasteiger charge is -2.17. The average molecular weight is 220 g/mol. The van der Waals surface area contributed by atoms with Gasteiger partial charge in [-0.15, -0.1) is 0 Å². The Morgan fingerprint density at radius 3 is 2.94 bits per heavy atom. The van der Waals surface area contributed by atoms with E-state index in [0.717, 1.165) is 18.1 Å². The zero-order valence-electron chi connectivity index (χ0n) is 9.46. The second-order valence-electron chi connectivity index (χ2n) is 3.60. The molecule has 3 N–H and O–H groups in total. The molecule has 0 spiro atoms. The zero-order valence-corrected chi connectivity index (χ0v) is 9.46. The summed E-state index contributed by atoms with van der Waals surface area (Å²) in [5, 5.41) is 0. The van der Waals surface area contributed by atoms with Crippen LogP contribution in [-0.2, 0) is 13.6 Å². The van der Waals surface area contributed by atoms with E-state index in [9.17, 15) is 0 Å². The molecule has 6 nitrogen and oxygen atoms in total. The summed E-state index contributed by atoms with van der Waals surface area (Å²) >= 11 is 0.